The van der Waals surface area contributed by atoms with Crippen molar-refractivity contribution in [3.8, 4) is 0 Å². The average molecular weight is 340 g/mol. The summed E-state index contributed by atoms with van der Waals surface area (Å²) in [7, 11) is 0. The van der Waals surface area contributed by atoms with Crippen LogP contribution in [-0.4, -0.2) is 39.7 Å². The Kier molecular flexibility index (Phi) is 6.23. The van der Waals surface area contributed by atoms with Gasteiger partial charge in [0.25, 0.3) is 0 Å². The molecule has 1 atom stereocenters. The van der Waals surface area contributed by atoms with Gasteiger partial charge in [0.15, 0.2) is 0 Å². The van der Waals surface area contributed by atoms with Gasteiger partial charge in [0, 0.05) is 31.5 Å². The number of hydrogen-bond acceptors (Lipinski definition) is 3. The number of nitrogens with one attached hydrogen (secondary N) is 1. The molecule has 1 saturated heterocycles. The normalized spacial score (nSPS) is 18.2. The van der Waals surface area contributed by atoms with Crippen LogP contribution in [0.15, 0.2) is 42.7 Å². The van der Waals surface area contributed by atoms with E-state index in [-0.39, 0.29) is 5.91 Å². The first-order valence-corrected chi connectivity index (χ1v) is 9.25. The van der Waals surface area contributed by atoms with Gasteiger partial charge in [-0.2, -0.15) is 5.10 Å². The Bertz CT molecular complexity index is 668. The topological polar surface area (TPSA) is 50.2 Å². The fourth-order valence-corrected chi connectivity index (χ4v) is 3.55. The lowest BCUT2D eigenvalue weighted by molar-refractivity contribution is -0.123. The van der Waals surface area contributed by atoms with Crippen molar-refractivity contribution in [2.24, 2.45) is 0 Å². The monoisotopic (exact) mass is 340 g/mol. The van der Waals surface area contributed by atoms with Gasteiger partial charge in [-0.3, -0.25) is 14.4 Å². The number of likely N-dealkylation sites (tertiary alicyclic amines) is 1. The molecule has 0 radical (unpaired) electrons. The zero-order chi connectivity index (χ0) is 17.5. The van der Waals surface area contributed by atoms with Crippen LogP contribution in [0.3, 0.4) is 0 Å². The van der Waals surface area contributed by atoms with Crippen molar-refractivity contribution >= 4 is 5.91 Å². The highest BCUT2D eigenvalue weighted by atomic mass is 16.2. The Morgan fingerprint density at radius 2 is 2.16 bits per heavy atom. The van der Waals surface area contributed by atoms with Crippen LogP contribution in [0.1, 0.15) is 36.8 Å². The maximum atomic E-state index is 12.4. The third-order valence-corrected chi connectivity index (χ3v) is 5.08. The maximum absolute atomic E-state index is 12.4. The number of benzene rings is 1. The van der Waals surface area contributed by atoms with E-state index in [2.05, 4.69) is 34.4 Å². The third kappa shape index (κ3) is 5.16. The first-order chi connectivity index (χ1) is 12.2. The highest BCUT2D eigenvalue weighted by Gasteiger charge is 2.24. The molecule has 5 nitrogen and oxygen atoms in total. The summed E-state index contributed by atoms with van der Waals surface area (Å²) in [6.45, 7) is 5.12. The van der Waals surface area contributed by atoms with Gasteiger partial charge in [-0.1, -0.05) is 30.7 Å². The summed E-state index contributed by atoms with van der Waals surface area (Å²) in [5.41, 5.74) is 2.41. The zero-order valence-corrected chi connectivity index (χ0v) is 15.0. The molecular weight excluding hydrogens is 312 g/mol. The highest BCUT2D eigenvalue weighted by Crippen LogP contribution is 2.20. The molecule has 0 unspecified atom stereocenters. The molecule has 25 heavy (non-hydrogen) atoms. The minimum atomic E-state index is 0.120. The van der Waals surface area contributed by atoms with Gasteiger partial charge in [-0.25, -0.2) is 0 Å². The molecule has 1 aromatic carbocycles. The number of carbonyl (C=O) groups is 1. The highest BCUT2D eigenvalue weighted by molar-refractivity contribution is 5.78. The fourth-order valence-electron chi connectivity index (χ4n) is 3.55. The number of hydrogen-bond donors (Lipinski definition) is 1. The number of aromatic nitrogens is 2. The Labute approximate surface area is 150 Å². The van der Waals surface area contributed by atoms with Crippen LogP contribution in [0.5, 0.6) is 0 Å². The molecule has 3 rings (SSSR count). The van der Waals surface area contributed by atoms with Crippen LogP contribution in [-0.2, 0) is 17.9 Å². The van der Waals surface area contributed by atoms with E-state index in [1.807, 2.05) is 35.3 Å². The zero-order valence-electron chi connectivity index (χ0n) is 15.0. The van der Waals surface area contributed by atoms with E-state index in [1.54, 1.807) is 0 Å². The maximum Gasteiger partial charge on any atom is 0.234 e. The molecule has 0 aliphatic carbocycles. The number of amides is 1. The van der Waals surface area contributed by atoms with Gasteiger partial charge in [-0.05, 0) is 49.9 Å². The van der Waals surface area contributed by atoms with Crippen molar-refractivity contribution in [3.63, 3.8) is 0 Å². The molecule has 1 N–H and O–H groups in total. The van der Waals surface area contributed by atoms with Crippen molar-refractivity contribution in [2.45, 2.75) is 51.7 Å². The largest absolute Gasteiger partial charge is 0.351 e. The summed E-state index contributed by atoms with van der Waals surface area (Å²) >= 11 is 0. The standard InChI is InChI=1S/C20H28N4O/c1-17-7-2-3-8-18(17)15-21-20(25)16-23-12-5-4-9-19(23)10-14-24-13-6-11-22-24/h2-3,6-8,11,13,19H,4-5,9-10,12,14-16H2,1H3,(H,21,25)/t19-/m1/s1. The average Bonchev–Trinajstić information content (AvgIpc) is 3.14. The van der Waals surface area contributed by atoms with Gasteiger partial charge in [-0.15, -0.1) is 0 Å². The first-order valence-electron chi connectivity index (χ1n) is 9.25. The second-order valence-corrected chi connectivity index (χ2v) is 6.88. The Morgan fingerprint density at radius 1 is 1.28 bits per heavy atom. The van der Waals surface area contributed by atoms with Crippen LogP contribution in [0.2, 0.25) is 0 Å². The van der Waals surface area contributed by atoms with Crippen LogP contribution >= 0.6 is 0 Å². The number of nitrogens with zero attached hydrogens (tertiary/aromatic N) is 3. The molecule has 5 heteroatoms. The minimum Gasteiger partial charge on any atom is -0.351 e. The smallest absolute Gasteiger partial charge is 0.234 e. The van der Waals surface area contributed by atoms with Crippen molar-refractivity contribution in [1.82, 2.24) is 20.0 Å². The van der Waals surface area contributed by atoms with E-state index in [9.17, 15) is 4.79 Å². The van der Waals surface area contributed by atoms with Crippen molar-refractivity contribution < 1.29 is 4.79 Å². The summed E-state index contributed by atoms with van der Waals surface area (Å²) in [6.07, 6.45) is 8.48. The summed E-state index contributed by atoms with van der Waals surface area (Å²) in [5, 5.41) is 7.36. The lowest BCUT2D eigenvalue weighted by Gasteiger charge is -2.35. The van der Waals surface area contributed by atoms with E-state index in [0.717, 1.165) is 19.5 Å². The number of piperidine rings is 1. The van der Waals surface area contributed by atoms with Crippen molar-refractivity contribution in [1.29, 1.82) is 0 Å². The molecule has 2 aromatic rings. The van der Waals surface area contributed by atoms with Crippen molar-refractivity contribution in [3.05, 3.63) is 53.9 Å². The molecule has 134 valence electrons. The van der Waals surface area contributed by atoms with Gasteiger partial charge in [0.2, 0.25) is 5.91 Å². The minimum absolute atomic E-state index is 0.120. The first kappa shape index (κ1) is 17.7. The van der Waals surface area contributed by atoms with E-state index in [0.29, 0.717) is 19.1 Å². The molecule has 0 spiro atoms. The lowest BCUT2D eigenvalue weighted by Crippen LogP contribution is -2.45. The number of carbonyl (C=O) groups excluding carboxylic acids is 1. The van der Waals surface area contributed by atoms with Gasteiger partial charge in [0.05, 0.1) is 6.54 Å². The summed E-state index contributed by atoms with van der Waals surface area (Å²) < 4.78 is 1.98. The van der Waals surface area contributed by atoms with E-state index in [4.69, 9.17) is 0 Å². The molecule has 1 fully saturated rings. The molecule has 0 bridgehead atoms. The Balaban J connectivity index is 1.48. The molecule has 1 aliphatic rings. The van der Waals surface area contributed by atoms with Crippen molar-refractivity contribution in [2.75, 3.05) is 13.1 Å². The van der Waals surface area contributed by atoms with Crippen LogP contribution in [0.25, 0.3) is 0 Å². The molecule has 1 amide bonds. The van der Waals surface area contributed by atoms with Gasteiger partial charge >= 0.3 is 0 Å². The van der Waals surface area contributed by atoms with E-state index < -0.39 is 0 Å². The summed E-state index contributed by atoms with van der Waals surface area (Å²) in [5.74, 6) is 0.120. The summed E-state index contributed by atoms with van der Waals surface area (Å²) in [6, 6.07) is 10.6. The predicted molar refractivity (Wildman–Crippen MR) is 99.1 cm³/mol. The SMILES string of the molecule is Cc1ccccc1CNC(=O)CN1CCCC[C@@H]1CCn1cccn1. The van der Waals surface area contributed by atoms with Gasteiger partial charge in [0.1, 0.15) is 0 Å². The predicted octanol–water partition coefficient (Wildman–Crippen LogP) is 2.75. The van der Waals surface area contributed by atoms with Crippen LogP contribution in [0.4, 0.5) is 0 Å². The van der Waals surface area contributed by atoms with E-state index in [1.165, 1.54) is 30.4 Å². The fraction of sp³-hybridized carbons (Fsp3) is 0.500. The Hall–Kier alpha value is -2.14. The van der Waals surface area contributed by atoms with Crippen LogP contribution in [0, 0.1) is 6.92 Å². The number of rotatable bonds is 7. The molecule has 0 saturated carbocycles. The lowest BCUT2D eigenvalue weighted by atomic mass is 9.99. The quantitative estimate of drug-likeness (QED) is 0.843. The van der Waals surface area contributed by atoms with E-state index >= 15 is 0 Å². The molecule has 1 aromatic heterocycles. The summed E-state index contributed by atoms with van der Waals surface area (Å²) in [4.78, 5) is 14.8. The second kappa shape index (κ2) is 8.81. The molecule has 2 heterocycles. The molecule has 1 aliphatic heterocycles. The third-order valence-electron chi connectivity index (χ3n) is 5.08. The van der Waals surface area contributed by atoms with Gasteiger partial charge < -0.3 is 5.32 Å². The molecular formula is C20H28N4O. The Morgan fingerprint density at radius 3 is 2.96 bits per heavy atom. The second-order valence-electron chi connectivity index (χ2n) is 6.88. The number of aryl methyl sites for hydroxylation is 2. The van der Waals surface area contributed by atoms with Crippen LogP contribution < -0.4 is 5.32 Å².